The number of ether oxygens (including phenoxy) is 1. The van der Waals surface area contributed by atoms with Crippen LogP contribution in [0.25, 0.3) is 0 Å². The number of hydrogen-bond donors (Lipinski definition) is 0. The van der Waals surface area contributed by atoms with Crippen LogP contribution >= 0.6 is 0 Å². The van der Waals surface area contributed by atoms with Crippen LogP contribution in [0.15, 0.2) is 0 Å². The first kappa shape index (κ1) is 7.89. The average Bonchev–Trinajstić information content (AvgIpc) is 2.95. The summed E-state index contributed by atoms with van der Waals surface area (Å²) in [5.74, 6) is 0.0741. The first-order valence-corrected chi connectivity index (χ1v) is 5.32. The molecule has 0 saturated heterocycles. The van der Waals surface area contributed by atoms with E-state index < -0.39 is 0 Å². The molecule has 3 fully saturated rings. The van der Waals surface area contributed by atoms with Crippen molar-refractivity contribution in [3.63, 3.8) is 0 Å². The summed E-state index contributed by atoms with van der Waals surface area (Å²) in [4.78, 5) is 11.8. The van der Waals surface area contributed by atoms with Crippen LogP contribution in [0.1, 0.15) is 32.6 Å². The molecule has 0 unspecified atom stereocenters. The Bertz CT molecular complexity index is 271. The molecule has 0 aromatic heterocycles. The molecule has 0 aromatic rings. The fourth-order valence-electron chi connectivity index (χ4n) is 3.92. The van der Waals surface area contributed by atoms with Gasteiger partial charge in [0, 0.05) is 5.31 Å². The minimum absolute atomic E-state index is 0.0741. The smallest absolute Gasteiger partial charge is 0.304 e. The lowest BCUT2D eigenvalue weighted by Crippen LogP contribution is -2.17. The summed E-state index contributed by atoms with van der Waals surface area (Å²) in [6.07, 6.45) is 5.06. The predicted molar refractivity (Wildman–Crippen MR) is 51.2 cm³/mol. The quantitative estimate of drug-likeness (QED) is 0.464. The zero-order valence-corrected chi connectivity index (χ0v) is 8.35. The second-order valence-corrected chi connectivity index (χ2v) is 5.01. The van der Waals surface area contributed by atoms with Crippen molar-refractivity contribution in [2.45, 2.75) is 37.9 Å². The van der Waals surface area contributed by atoms with Crippen LogP contribution in [0.4, 0.5) is 0 Å². The maximum Gasteiger partial charge on any atom is 0.304 e. The summed E-state index contributed by atoms with van der Waals surface area (Å²) in [6.45, 7) is 2.42. The molecule has 0 amide bonds. The first-order valence-electron chi connectivity index (χ1n) is 5.32. The van der Waals surface area contributed by atoms with E-state index in [0.717, 1.165) is 0 Å². The molecule has 0 aromatic carbocycles. The van der Waals surface area contributed by atoms with Gasteiger partial charge in [-0.15, -0.1) is 0 Å². The molecule has 3 aliphatic carbocycles. The van der Waals surface area contributed by atoms with E-state index >= 15 is 0 Å². The summed E-state index contributed by atoms with van der Waals surface area (Å²) in [6, 6.07) is 0. The molecule has 3 saturated carbocycles. The average molecular weight is 178 g/mol. The van der Waals surface area contributed by atoms with Crippen molar-refractivity contribution in [2.75, 3.05) is 6.61 Å². The standard InChI is InChI=1S/C10H15BO2/c1-2-13-7(12)10(11)8(3-4-8)9(10)5-6-9/h2-6,11H2,1H3. The number of carbonyl (C=O) groups excluding carboxylic acids is 1. The lowest BCUT2D eigenvalue weighted by atomic mass is 9.78. The first-order chi connectivity index (χ1) is 6.15. The van der Waals surface area contributed by atoms with Gasteiger partial charge in [-0.1, -0.05) is 0 Å². The molecule has 0 radical (unpaired) electrons. The van der Waals surface area contributed by atoms with Gasteiger partial charge in [-0.25, -0.2) is 0 Å². The van der Waals surface area contributed by atoms with Gasteiger partial charge < -0.3 is 4.74 Å². The number of fused-ring (bicyclic) bond motifs is 1. The summed E-state index contributed by atoms with van der Waals surface area (Å²) in [7, 11) is 2.13. The summed E-state index contributed by atoms with van der Waals surface area (Å²) >= 11 is 0. The fraction of sp³-hybridized carbons (Fsp3) is 0.900. The van der Waals surface area contributed by atoms with E-state index in [1.54, 1.807) is 0 Å². The molecule has 0 heterocycles. The number of esters is 1. The zero-order chi connectivity index (χ0) is 9.32. The third kappa shape index (κ3) is 0.553. The van der Waals surface area contributed by atoms with Crippen LogP contribution in [0, 0.1) is 10.8 Å². The van der Waals surface area contributed by atoms with Crippen molar-refractivity contribution in [3.05, 3.63) is 0 Å². The Morgan fingerprint density at radius 2 is 1.77 bits per heavy atom. The Labute approximate surface area is 79.4 Å². The van der Waals surface area contributed by atoms with Crippen molar-refractivity contribution in [1.29, 1.82) is 0 Å². The van der Waals surface area contributed by atoms with Gasteiger partial charge in [0.15, 0.2) is 0 Å². The van der Waals surface area contributed by atoms with E-state index in [1.807, 2.05) is 6.92 Å². The van der Waals surface area contributed by atoms with E-state index in [-0.39, 0.29) is 11.3 Å². The molecule has 0 N–H and O–H groups in total. The normalized spacial score (nSPS) is 40.4. The van der Waals surface area contributed by atoms with Gasteiger partial charge in [-0.2, -0.15) is 0 Å². The molecular weight excluding hydrogens is 163 g/mol. The highest BCUT2D eigenvalue weighted by Crippen LogP contribution is 3.01. The van der Waals surface area contributed by atoms with E-state index in [0.29, 0.717) is 17.4 Å². The van der Waals surface area contributed by atoms with Crippen LogP contribution < -0.4 is 0 Å². The molecule has 70 valence electrons. The molecule has 3 rings (SSSR count). The highest BCUT2D eigenvalue weighted by atomic mass is 16.5. The monoisotopic (exact) mass is 178 g/mol. The van der Waals surface area contributed by atoms with Gasteiger partial charge in [0.25, 0.3) is 0 Å². The Balaban J connectivity index is 1.88. The van der Waals surface area contributed by atoms with Gasteiger partial charge in [-0.3, -0.25) is 4.79 Å². The maximum atomic E-state index is 11.8. The molecule has 13 heavy (non-hydrogen) atoms. The number of carbonyl (C=O) groups is 1. The Morgan fingerprint density at radius 1 is 1.31 bits per heavy atom. The number of hydrogen-bond acceptors (Lipinski definition) is 2. The van der Waals surface area contributed by atoms with E-state index in [2.05, 4.69) is 7.85 Å². The van der Waals surface area contributed by atoms with Gasteiger partial charge in [0.2, 0.25) is 0 Å². The van der Waals surface area contributed by atoms with Crippen LogP contribution in [0.5, 0.6) is 0 Å². The summed E-state index contributed by atoms with van der Waals surface area (Å²) in [5.41, 5.74) is 0.818. The molecule has 0 aliphatic heterocycles. The summed E-state index contributed by atoms with van der Waals surface area (Å²) < 4.78 is 5.18. The van der Waals surface area contributed by atoms with Crippen LogP contribution in [0.3, 0.4) is 0 Å². The molecular formula is C10H15BO2. The molecule has 2 nitrogen and oxygen atoms in total. The number of rotatable bonds is 2. The van der Waals surface area contributed by atoms with Gasteiger partial charge >= 0.3 is 5.97 Å². The van der Waals surface area contributed by atoms with Crippen molar-refractivity contribution in [3.8, 4) is 0 Å². The van der Waals surface area contributed by atoms with E-state index in [4.69, 9.17) is 4.74 Å². The van der Waals surface area contributed by atoms with Crippen LogP contribution in [0.2, 0.25) is 5.31 Å². The van der Waals surface area contributed by atoms with E-state index in [9.17, 15) is 4.79 Å². The largest absolute Gasteiger partial charge is 0.466 e. The molecule has 2 spiro atoms. The topological polar surface area (TPSA) is 26.3 Å². The Hall–Kier alpha value is -0.465. The van der Waals surface area contributed by atoms with Crippen LogP contribution in [-0.2, 0) is 9.53 Å². The van der Waals surface area contributed by atoms with Crippen molar-refractivity contribution >= 4 is 13.8 Å². The lowest BCUT2D eigenvalue weighted by Gasteiger charge is -2.09. The third-order valence-electron chi connectivity index (χ3n) is 4.95. The SMILES string of the molecule is BC1(C(=O)OCC)C2(CC2)C12CC2. The van der Waals surface area contributed by atoms with Crippen molar-refractivity contribution in [2.24, 2.45) is 10.8 Å². The molecule has 0 atom stereocenters. The van der Waals surface area contributed by atoms with Crippen molar-refractivity contribution in [1.82, 2.24) is 0 Å². The molecule has 3 aliphatic rings. The Morgan fingerprint density at radius 3 is 2.08 bits per heavy atom. The fourth-order valence-corrected chi connectivity index (χ4v) is 3.92. The van der Waals surface area contributed by atoms with Gasteiger partial charge in [0.1, 0.15) is 7.85 Å². The summed E-state index contributed by atoms with van der Waals surface area (Å²) in [5, 5.41) is -0.0873. The minimum atomic E-state index is -0.0873. The van der Waals surface area contributed by atoms with E-state index in [1.165, 1.54) is 25.7 Å². The highest BCUT2D eigenvalue weighted by molar-refractivity contribution is 6.33. The highest BCUT2D eigenvalue weighted by Gasteiger charge is 2.95. The van der Waals surface area contributed by atoms with Crippen molar-refractivity contribution < 1.29 is 9.53 Å². The molecule has 3 heteroatoms. The minimum Gasteiger partial charge on any atom is -0.466 e. The van der Waals surface area contributed by atoms with Gasteiger partial charge in [0.05, 0.1) is 6.61 Å². The zero-order valence-electron chi connectivity index (χ0n) is 8.35. The molecule has 0 bridgehead atoms. The lowest BCUT2D eigenvalue weighted by molar-refractivity contribution is -0.144. The Kier molecular flexibility index (Phi) is 1.10. The maximum absolute atomic E-state index is 11.8. The third-order valence-corrected chi connectivity index (χ3v) is 4.95. The van der Waals surface area contributed by atoms with Gasteiger partial charge in [-0.05, 0) is 43.4 Å². The second kappa shape index (κ2) is 1.82. The second-order valence-electron chi connectivity index (χ2n) is 5.01. The van der Waals surface area contributed by atoms with Crippen LogP contribution in [-0.4, -0.2) is 20.4 Å². The predicted octanol–water partition coefficient (Wildman–Crippen LogP) is 0.915.